The number of thioether (sulfide) groups is 1. The van der Waals surface area contributed by atoms with Crippen molar-refractivity contribution in [1.29, 1.82) is 0 Å². The summed E-state index contributed by atoms with van der Waals surface area (Å²) in [6, 6.07) is -0.0707. The number of anilines is 1. The second-order valence-corrected chi connectivity index (χ2v) is 11.6. The van der Waals surface area contributed by atoms with E-state index >= 15 is 0 Å². The summed E-state index contributed by atoms with van der Waals surface area (Å²) in [7, 11) is 0. The van der Waals surface area contributed by atoms with Crippen molar-refractivity contribution < 1.29 is 9.59 Å². The van der Waals surface area contributed by atoms with E-state index in [2.05, 4.69) is 26.1 Å². The van der Waals surface area contributed by atoms with Crippen LogP contribution in [0.5, 0.6) is 0 Å². The third-order valence-electron chi connectivity index (χ3n) is 6.12. The van der Waals surface area contributed by atoms with Crippen LogP contribution in [0.3, 0.4) is 0 Å². The zero-order valence-corrected chi connectivity index (χ0v) is 18.3. The van der Waals surface area contributed by atoms with Crippen molar-refractivity contribution in [1.82, 2.24) is 20.8 Å². The smallest absolute Gasteiger partial charge is 0.321 e. The van der Waals surface area contributed by atoms with Crippen LogP contribution in [0.2, 0.25) is 0 Å². The van der Waals surface area contributed by atoms with Crippen molar-refractivity contribution in [2.24, 2.45) is 17.8 Å². The molecule has 7 nitrogen and oxygen atoms in total. The molecule has 3 N–H and O–H groups in total. The van der Waals surface area contributed by atoms with Gasteiger partial charge in [0.25, 0.3) is 0 Å². The first-order chi connectivity index (χ1) is 13.3. The number of aromatic nitrogens is 2. The zero-order valence-electron chi connectivity index (χ0n) is 16.7. The van der Waals surface area contributed by atoms with E-state index in [9.17, 15) is 9.59 Å². The molecule has 0 radical (unpaired) electrons. The van der Waals surface area contributed by atoms with Gasteiger partial charge in [-0.15, -0.1) is 10.2 Å². The molecule has 9 heteroatoms. The molecule has 1 atom stereocenters. The van der Waals surface area contributed by atoms with Crippen LogP contribution in [-0.2, 0) is 4.79 Å². The summed E-state index contributed by atoms with van der Waals surface area (Å²) >= 11 is 2.74. The molecule has 1 aromatic rings. The predicted molar refractivity (Wildman–Crippen MR) is 112 cm³/mol. The summed E-state index contributed by atoms with van der Waals surface area (Å²) in [5.74, 6) is 1.97. The highest BCUT2D eigenvalue weighted by Crippen LogP contribution is 2.55. The first kappa shape index (κ1) is 19.9. The molecule has 154 valence electrons. The van der Waals surface area contributed by atoms with Gasteiger partial charge in [0.1, 0.15) is 0 Å². The number of carbonyl (C=O) groups is 2. The Balaban J connectivity index is 1.28. The first-order valence-corrected chi connectivity index (χ1v) is 11.9. The number of nitrogens with zero attached hydrogens (tertiary/aromatic N) is 2. The van der Waals surface area contributed by atoms with E-state index in [1.165, 1.54) is 42.4 Å². The molecule has 4 bridgehead atoms. The molecule has 4 saturated carbocycles. The summed E-state index contributed by atoms with van der Waals surface area (Å²) in [5, 5.41) is 17.4. The SMILES string of the molecule is CC(C)Nc1nnc(S[C@H](C)C(=O)NC(=O)NC23CC4CC(CC(C4)C2)C3)s1. The summed E-state index contributed by atoms with van der Waals surface area (Å²) in [4.78, 5) is 25.0. The minimum absolute atomic E-state index is 0.0911. The Hall–Kier alpha value is -1.35. The third-order valence-corrected chi connectivity index (χ3v) is 8.16. The van der Waals surface area contributed by atoms with Crippen LogP contribution in [0.15, 0.2) is 4.34 Å². The zero-order chi connectivity index (χ0) is 19.9. The van der Waals surface area contributed by atoms with Crippen molar-refractivity contribution in [3.05, 3.63) is 0 Å². The standard InChI is InChI=1S/C19H29N5O2S2/c1-10(2)20-17-23-24-18(28-17)27-11(3)15(25)21-16(26)22-19-7-12-4-13(8-19)6-14(5-12)9-19/h10-14H,4-9H2,1-3H3,(H,20,23)(H2,21,22,25,26)/t11-,12?,13?,14?,19?/m1/s1. The molecule has 0 saturated heterocycles. The number of carbonyl (C=O) groups excluding carboxylic acids is 2. The number of urea groups is 1. The van der Waals surface area contributed by atoms with Gasteiger partial charge in [-0.05, 0) is 77.0 Å². The number of nitrogens with one attached hydrogen (secondary N) is 3. The average Bonchev–Trinajstić information content (AvgIpc) is 2.98. The molecule has 28 heavy (non-hydrogen) atoms. The fraction of sp³-hybridized carbons (Fsp3) is 0.789. The lowest BCUT2D eigenvalue weighted by atomic mass is 9.53. The second kappa shape index (κ2) is 7.82. The van der Waals surface area contributed by atoms with E-state index < -0.39 is 5.25 Å². The predicted octanol–water partition coefficient (Wildman–Crippen LogP) is 3.63. The van der Waals surface area contributed by atoms with Crippen LogP contribution >= 0.6 is 23.1 Å². The first-order valence-electron chi connectivity index (χ1n) is 10.2. The van der Waals surface area contributed by atoms with E-state index in [1.807, 2.05) is 13.8 Å². The van der Waals surface area contributed by atoms with E-state index in [0.717, 1.165) is 42.1 Å². The van der Waals surface area contributed by atoms with Crippen LogP contribution in [0, 0.1) is 17.8 Å². The molecule has 0 aliphatic heterocycles. The molecule has 5 rings (SSSR count). The van der Waals surface area contributed by atoms with Gasteiger partial charge >= 0.3 is 6.03 Å². The Morgan fingerprint density at radius 3 is 2.25 bits per heavy atom. The highest BCUT2D eigenvalue weighted by molar-refractivity contribution is 8.02. The van der Waals surface area contributed by atoms with Gasteiger partial charge in [-0.25, -0.2) is 4.79 Å². The fourth-order valence-corrected chi connectivity index (χ4v) is 7.56. The molecule has 0 unspecified atom stereocenters. The Morgan fingerprint density at radius 2 is 1.68 bits per heavy atom. The molecule has 1 aromatic heterocycles. The summed E-state index contributed by atoms with van der Waals surface area (Å²) in [6.45, 7) is 5.86. The van der Waals surface area contributed by atoms with Crippen molar-refractivity contribution in [2.45, 2.75) is 80.5 Å². The van der Waals surface area contributed by atoms with Crippen molar-refractivity contribution in [3.63, 3.8) is 0 Å². The van der Waals surface area contributed by atoms with Gasteiger partial charge in [-0.3, -0.25) is 10.1 Å². The molecule has 4 aliphatic rings. The highest BCUT2D eigenvalue weighted by Gasteiger charge is 2.51. The van der Waals surface area contributed by atoms with Crippen molar-refractivity contribution in [2.75, 3.05) is 5.32 Å². The normalized spacial score (nSPS) is 31.6. The topological polar surface area (TPSA) is 96.0 Å². The maximum Gasteiger partial charge on any atom is 0.321 e. The number of hydrogen-bond donors (Lipinski definition) is 3. The van der Waals surface area contributed by atoms with E-state index in [1.54, 1.807) is 6.92 Å². The molecular weight excluding hydrogens is 394 g/mol. The lowest BCUT2D eigenvalue weighted by Gasteiger charge is -2.56. The van der Waals surface area contributed by atoms with Gasteiger partial charge in [0.05, 0.1) is 5.25 Å². The minimum Gasteiger partial charge on any atom is -0.358 e. The minimum atomic E-state index is -0.415. The average molecular weight is 424 g/mol. The van der Waals surface area contributed by atoms with Crippen molar-refractivity contribution in [3.8, 4) is 0 Å². The van der Waals surface area contributed by atoms with E-state index in [0.29, 0.717) is 4.34 Å². The van der Waals surface area contributed by atoms with E-state index in [-0.39, 0.29) is 23.5 Å². The molecule has 1 heterocycles. The number of rotatable bonds is 6. The van der Waals surface area contributed by atoms with Gasteiger partial charge in [-0.2, -0.15) is 0 Å². The largest absolute Gasteiger partial charge is 0.358 e. The van der Waals surface area contributed by atoms with Crippen molar-refractivity contribution >= 4 is 40.2 Å². The maximum absolute atomic E-state index is 12.5. The Kier molecular flexibility index (Phi) is 5.57. The van der Waals surface area contributed by atoms with Crippen LogP contribution in [-0.4, -0.2) is 39.0 Å². The Labute approximate surface area is 174 Å². The van der Waals surface area contributed by atoms with Crippen LogP contribution < -0.4 is 16.0 Å². The lowest BCUT2D eigenvalue weighted by Crippen LogP contribution is -2.62. The summed E-state index contributed by atoms with van der Waals surface area (Å²) in [5.41, 5.74) is -0.0911. The number of hydrogen-bond acceptors (Lipinski definition) is 7. The highest BCUT2D eigenvalue weighted by atomic mass is 32.2. The third kappa shape index (κ3) is 4.45. The molecule has 4 fully saturated rings. The maximum atomic E-state index is 12.5. The molecule has 4 aliphatic carbocycles. The molecule has 0 spiro atoms. The second-order valence-electron chi connectivity index (χ2n) is 9.07. The van der Waals surface area contributed by atoms with Crippen LogP contribution in [0.25, 0.3) is 0 Å². The van der Waals surface area contributed by atoms with Gasteiger partial charge in [-0.1, -0.05) is 23.1 Å². The van der Waals surface area contributed by atoms with E-state index in [4.69, 9.17) is 0 Å². The quantitative estimate of drug-likeness (QED) is 0.605. The number of amides is 3. The van der Waals surface area contributed by atoms with Crippen LogP contribution in [0.1, 0.15) is 59.3 Å². The Morgan fingerprint density at radius 1 is 1.07 bits per heavy atom. The Bertz CT molecular complexity index is 715. The van der Waals surface area contributed by atoms with Gasteiger partial charge in [0.15, 0.2) is 4.34 Å². The molecular formula is C19H29N5O2S2. The molecule has 0 aromatic carbocycles. The fourth-order valence-electron chi connectivity index (χ4n) is 5.52. The number of imide groups is 1. The van der Waals surface area contributed by atoms with Crippen LogP contribution in [0.4, 0.5) is 9.93 Å². The van der Waals surface area contributed by atoms with Gasteiger partial charge < -0.3 is 10.6 Å². The van der Waals surface area contributed by atoms with Gasteiger partial charge in [0.2, 0.25) is 11.0 Å². The van der Waals surface area contributed by atoms with Gasteiger partial charge in [0, 0.05) is 11.6 Å². The summed E-state index contributed by atoms with van der Waals surface area (Å²) in [6.07, 6.45) is 7.18. The lowest BCUT2D eigenvalue weighted by molar-refractivity contribution is -0.119. The monoisotopic (exact) mass is 423 g/mol. The summed E-state index contributed by atoms with van der Waals surface area (Å²) < 4.78 is 0.715. The molecule has 3 amide bonds.